The van der Waals surface area contributed by atoms with Crippen LogP contribution in [0.15, 0.2) is 17.1 Å². The van der Waals surface area contributed by atoms with Crippen LogP contribution < -0.4 is 10.4 Å². The molecule has 0 spiro atoms. The average molecular weight is 295 g/mol. The highest BCUT2D eigenvalue weighted by Crippen LogP contribution is 2.21. The van der Waals surface area contributed by atoms with E-state index in [1.54, 1.807) is 6.07 Å². The third kappa shape index (κ3) is 2.09. The number of rotatable bonds is 4. The highest BCUT2D eigenvalue weighted by molar-refractivity contribution is 7.06. The molecule has 0 unspecified atom stereocenters. The summed E-state index contributed by atoms with van der Waals surface area (Å²) < 4.78 is 19.3. The fraction of sp³-hybridized carbons (Fsp3) is 0.300. The van der Waals surface area contributed by atoms with E-state index in [0.29, 0.717) is 11.7 Å². The predicted octanol–water partition coefficient (Wildman–Crippen LogP) is 0.0330. The molecular formula is C10H11N7O2S. The van der Waals surface area contributed by atoms with Gasteiger partial charge in [-0.2, -0.15) is 9.06 Å². The van der Waals surface area contributed by atoms with E-state index < -0.39 is 0 Å². The SMILES string of the molecule is [3H]n1ccc(OCc2c(-n3nnn(C)c3=O)nsc2C)n1. The summed E-state index contributed by atoms with van der Waals surface area (Å²) in [4.78, 5) is 12.8. The van der Waals surface area contributed by atoms with Gasteiger partial charge in [-0.05, 0) is 28.9 Å². The van der Waals surface area contributed by atoms with Gasteiger partial charge in [0, 0.05) is 29.8 Å². The molecule has 9 nitrogen and oxygen atoms in total. The largest absolute Gasteiger partial charge is 0.472 e. The Bertz CT molecular complexity index is 833. The molecule has 0 fully saturated rings. The van der Waals surface area contributed by atoms with E-state index in [1.165, 1.54) is 24.8 Å². The summed E-state index contributed by atoms with van der Waals surface area (Å²) in [5.74, 6) is 0.731. The van der Waals surface area contributed by atoms with Gasteiger partial charge in [-0.1, -0.05) is 0 Å². The van der Waals surface area contributed by atoms with Crippen LogP contribution in [0.2, 0.25) is 1.41 Å². The van der Waals surface area contributed by atoms with Crippen molar-refractivity contribution < 1.29 is 6.15 Å². The van der Waals surface area contributed by atoms with E-state index in [-0.39, 0.29) is 12.3 Å². The third-order valence-corrected chi connectivity index (χ3v) is 3.48. The molecule has 20 heavy (non-hydrogen) atoms. The van der Waals surface area contributed by atoms with Gasteiger partial charge < -0.3 is 4.74 Å². The quantitative estimate of drug-likeness (QED) is 0.728. The Morgan fingerprint density at radius 1 is 1.55 bits per heavy atom. The van der Waals surface area contributed by atoms with Crippen LogP contribution in [0.25, 0.3) is 5.82 Å². The van der Waals surface area contributed by atoms with E-state index >= 15 is 0 Å². The molecule has 0 aromatic carbocycles. The van der Waals surface area contributed by atoms with Gasteiger partial charge in [0.15, 0.2) is 7.23 Å². The fourth-order valence-electron chi connectivity index (χ4n) is 1.60. The van der Waals surface area contributed by atoms with Crippen molar-refractivity contribution in [1.29, 1.82) is 0 Å². The van der Waals surface area contributed by atoms with Crippen molar-refractivity contribution in [2.75, 3.05) is 0 Å². The van der Waals surface area contributed by atoms with Crippen LogP contribution in [0.3, 0.4) is 0 Å². The van der Waals surface area contributed by atoms with Gasteiger partial charge in [0.05, 0.1) is 0 Å². The zero-order chi connectivity index (χ0) is 15.0. The number of aromatic nitrogens is 7. The summed E-state index contributed by atoms with van der Waals surface area (Å²) in [5.41, 5.74) is 0.360. The van der Waals surface area contributed by atoms with Crippen LogP contribution >= 0.6 is 11.5 Å². The van der Waals surface area contributed by atoms with Crippen molar-refractivity contribution in [2.45, 2.75) is 13.5 Å². The molecule has 104 valence electrons. The number of H-pyrrole nitrogens is 1. The van der Waals surface area contributed by atoms with Gasteiger partial charge in [-0.3, -0.25) is 5.09 Å². The molecule has 3 rings (SSSR count). The van der Waals surface area contributed by atoms with E-state index in [2.05, 4.69) is 19.9 Å². The number of aromatic amines is 1. The molecule has 0 bridgehead atoms. The van der Waals surface area contributed by atoms with Gasteiger partial charge in [-0.25, -0.2) is 4.79 Å². The first-order valence-corrected chi connectivity index (χ1v) is 6.46. The number of aryl methyl sites for hydroxylation is 2. The Hall–Kier alpha value is -2.49. The van der Waals surface area contributed by atoms with Gasteiger partial charge >= 0.3 is 5.69 Å². The van der Waals surface area contributed by atoms with Crippen LogP contribution in [0.5, 0.6) is 5.88 Å². The van der Waals surface area contributed by atoms with Crippen LogP contribution in [0, 0.1) is 6.92 Å². The lowest BCUT2D eigenvalue weighted by Gasteiger charge is -2.03. The maximum absolute atomic E-state index is 11.9. The zero-order valence-electron chi connectivity index (χ0n) is 11.7. The lowest BCUT2D eigenvalue weighted by Crippen LogP contribution is -2.23. The number of hydrogen-bond acceptors (Lipinski definition) is 7. The Balaban J connectivity index is 1.90. The average Bonchev–Trinajstić information content (AvgIpc) is 3.11. The lowest BCUT2D eigenvalue weighted by atomic mass is 10.3. The summed E-state index contributed by atoms with van der Waals surface area (Å²) in [6.45, 7) is 2.06. The predicted molar refractivity (Wildman–Crippen MR) is 69.9 cm³/mol. The molecular weight excluding hydrogens is 282 g/mol. The molecule has 0 saturated heterocycles. The minimum atomic E-state index is -0.378. The van der Waals surface area contributed by atoms with Crippen LogP contribution in [-0.2, 0) is 13.7 Å². The normalized spacial score (nSPS) is 11.6. The highest BCUT2D eigenvalue weighted by atomic mass is 32.1. The molecule has 0 aliphatic heterocycles. The van der Waals surface area contributed by atoms with Crippen molar-refractivity contribution >= 4 is 11.5 Å². The smallest absolute Gasteiger partial charge is 0.369 e. The maximum atomic E-state index is 11.9. The minimum Gasteiger partial charge on any atom is -0.472 e. The van der Waals surface area contributed by atoms with Crippen molar-refractivity contribution in [3.05, 3.63) is 33.2 Å². The van der Waals surface area contributed by atoms with Crippen LogP contribution in [0.1, 0.15) is 10.4 Å². The lowest BCUT2D eigenvalue weighted by molar-refractivity contribution is 0.292. The minimum absolute atomic E-state index is 0.178. The monoisotopic (exact) mass is 295 g/mol. The third-order valence-electron chi connectivity index (χ3n) is 2.69. The summed E-state index contributed by atoms with van der Waals surface area (Å²) in [6.07, 6.45) is 1.46. The van der Waals surface area contributed by atoms with Gasteiger partial charge in [0.1, 0.15) is 6.61 Å². The van der Waals surface area contributed by atoms with E-state index in [9.17, 15) is 4.79 Å². The molecule has 0 aliphatic carbocycles. The molecule has 3 heterocycles. The molecule has 1 N–H and O–H groups in total. The Morgan fingerprint density at radius 3 is 3.05 bits per heavy atom. The topological polar surface area (TPSA) is 104 Å². The Morgan fingerprint density at radius 2 is 2.40 bits per heavy atom. The first-order chi connectivity index (χ1) is 10.1. The fourth-order valence-corrected chi connectivity index (χ4v) is 2.27. The first kappa shape index (κ1) is 11.3. The molecule has 0 saturated carbocycles. The Kier molecular flexibility index (Phi) is 2.77. The van der Waals surface area contributed by atoms with Crippen molar-refractivity contribution in [1.82, 2.24) is 34.4 Å². The molecule has 10 heteroatoms. The molecule has 3 aromatic heterocycles. The van der Waals surface area contributed by atoms with Gasteiger partial charge in [0.25, 0.3) is 0 Å². The molecule has 3 aromatic rings. The van der Waals surface area contributed by atoms with Crippen LogP contribution in [0.4, 0.5) is 0 Å². The van der Waals surface area contributed by atoms with Gasteiger partial charge in [-0.15, -0.1) is 9.78 Å². The highest BCUT2D eigenvalue weighted by Gasteiger charge is 2.17. The first-order valence-electron chi connectivity index (χ1n) is 6.13. The molecule has 0 aliphatic rings. The zero-order valence-corrected chi connectivity index (χ0v) is 11.5. The van der Waals surface area contributed by atoms with Crippen molar-refractivity contribution in [3.8, 4) is 11.7 Å². The van der Waals surface area contributed by atoms with Crippen LogP contribution in [-0.4, -0.2) is 34.4 Å². The standard InChI is InChI=1S/C10H11N7O2S/c1-6-7(5-19-8-3-4-11-12-8)9(13-20-6)17-10(18)16(2)14-15-17/h3-4H,5H2,1-2H3,(H,11,12)/i/hT. The summed E-state index contributed by atoms with van der Waals surface area (Å²) >= 11 is 1.25. The second-order valence-electron chi connectivity index (χ2n) is 4.00. The van der Waals surface area contributed by atoms with Crippen molar-refractivity contribution in [2.24, 2.45) is 7.05 Å². The van der Waals surface area contributed by atoms with Gasteiger partial charge in [0.2, 0.25) is 5.88 Å². The van der Waals surface area contributed by atoms with E-state index in [0.717, 1.165) is 24.9 Å². The number of hydrogen-bond donors (Lipinski definition) is 1. The second-order valence-corrected chi connectivity index (χ2v) is 4.97. The van der Waals surface area contributed by atoms with E-state index in [1.807, 2.05) is 6.92 Å². The second kappa shape index (κ2) is 4.89. The summed E-state index contributed by atoms with van der Waals surface area (Å²) in [6, 6.07) is 1.58. The number of ether oxygens (including phenoxy) is 1. The number of nitrogens with zero attached hydrogens (tertiary/aromatic N) is 6. The number of nitrogens with one attached hydrogen (secondary N) is 1. The maximum Gasteiger partial charge on any atom is 0.369 e. The van der Waals surface area contributed by atoms with E-state index in [4.69, 9.17) is 6.15 Å². The van der Waals surface area contributed by atoms with Crippen molar-refractivity contribution in [3.63, 3.8) is 0 Å². The summed E-state index contributed by atoms with van der Waals surface area (Å²) in [5, 5.41) is 12.2. The molecule has 0 radical (unpaired) electrons. The Labute approximate surface area is 118 Å². The summed E-state index contributed by atoms with van der Waals surface area (Å²) in [7, 11) is 1.52. The number of tetrazole rings is 1. The molecule has 0 amide bonds. The molecule has 0 atom stereocenters.